The van der Waals surface area contributed by atoms with Crippen molar-refractivity contribution in [2.24, 2.45) is 0 Å². The summed E-state index contributed by atoms with van der Waals surface area (Å²) in [6, 6.07) is 11.8. The van der Waals surface area contributed by atoms with Crippen LogP contribution in [0.25, 0.3) is 0 Å². The van der Waals surface area contributed by atoms with E-state index in [9.17, 15) is 9.59 Å². The van der Waals surface area contributed by atoms with Gasteiger partial charge < -0.3 is 14.8 Å². The van der Waals surface area contributed by atoms with Crippen LogP contribution >= 0.6 is 0 Å². The van der Waals surface area contributed by atoms with Crippen molar-refractivity contribution < 1.29 is 19.1 Å². The summed E-state index contributed by atoms with van der Waals surface area (Å²) in [5.41, 5.74) is 4.88. The Labute approximate surface area is 173 Å². The largest absolute Gasteiger partial charge is 0.482 e. The van der Waals surface area contributed by atoms with Crippen molar-refractivity contribution in [3.05, 3.63) is 58.7 Å². The van der Waals surface area contributed by atoms with E-state index in [0.29, 0.717) is 11.7 Å². The van der Waals surface area contributed by atoms with E-state index in [-0.39, 0.29) is 25.0 Å². The molecule has 2 aromatic rings. The molecule has 0 aromatic heterocycles. The van der Waals surface area contributed by atoms with Gasteiger partial charge in [-0.25, -0.2) is 4.79 Å². The monoisotopic (exact) mass is 397 g/mol. The molecule has 1 N–H and O–H groups in total. The molecule has 0 aliphatic rings. The molecular formula is C24H31NO4. The van der Waals surface area contributed by atoms with Gasteiger partial charge in [-0.2, -0.15) is 0 Å². The number of carbonyl (C=O) groups is 2. The second-order valence-electron chi connectivity index (χ2n) is 7.87. The zero-order valence-electron chi connectivity index (χ0n) is 18.2. The van der Waals surface area contributed by atoms with E-state index in [2.05, 4.69) is 33.0 Å². The average Bonchev–Trinajstić information content (AvgIpc) is 2.66. The predicted molar refractivity (Wildman–Crippen MR) is 116 cm³/mol. The first-order valence-corrected chi connectivity index (χ1v) is 9.97. The Morgan fingerprint density at radius 3 is 2.31 bits per heavy atom. The topological polar surface area (TPSA) is 64.6 Å². The summed E-state index contributed by atoms with van der Waals surface area (Å²) in [5.74, 6) is 0.340. The third-order valence-electron chi connectivity index (χ3n) is 4.78. The summed E-state index contributed by atoms with van der Waals surface area (Å²) in [4.78, 5) is 24.3. The number of benzene rings is 2. The lowest BCUT2D eigenvalue weighted by molar-refractivity contribution is -0.149. The van der Waals surface area contributed by atoms with Crippen molar-refractivity contribution in [1.29, 1.82) is 0 Å². The molecule has 2 rings (SSSR count). The van der Waals surface area contributed by atoms with Crippen LogP contribution in [-0.2, 0) is 14.3 Å². The first kappa shape index (κ1) is 22.5. The van der Waals surface area contributed by atoms with Gasteiger partial charge in [0.05, 0.1) is 0 Å². The first-order valence-electron chi connectivity index (χ1n) is 9.97. The summed E-state index contributed by atoms with van der Waals surface area (Å²) in [7, 11) is 0. The molecule has 5 heteroatoms. The third kappa shape index (κ3) is 6.34. The number of amides is 1. The van der Waals surface area contributed by atoms with E-state index in [1.807, 2.05) is 50.2 Å². The number of anilines is 1. The maximum atomic E-state index is 12.3. The van der Waals surface area contributed by atoms with E-state index in [4.69, 9.17) is 9.47 Å². The van der Waals surface area contributed by atoms with E-state index < -0.39 is 5.97 Å². The fourth-order valence-corrected chi connectivity index (χ4v) is 2.97. The Bertz CT molecular complexity index is 871. The summed E-state index contributed by atoms with van der Waals surface area (Å²) in [5, 5.41) is 2.86. The number of para-hydroxylation sites is 1. The molecule has 2 aromatic carbocycles. The number of ether oxygens (including phenoxy) is 2. The highest BCUT2D eigenvalue weighted by atomic mass is 16.6. The second-order valence-corrected chi connectivity index (χ2v) is 7.87. The van der Waals surface area contributed by atoms with E-state index in [1.165, 1.54) is 0 Å². The number of rotatable bonds is 8. The zero-order chi connectivity index (χ0) is 21.6. The Morgan fingerprint density at radius 1 is 0.931 bits per heavy atom. The van der Waals surface area contributed by atoms with Gasteiger partial charge in [-0.05, 0) is 54.0 Å². The quantitative estimate of drug-likeness (QED) is 0.629. The highest BCUT2D eigenvalue weighted by molar-refractivity contribution is 5.94. The molecule has 0 bridgehead atoms. The van der Waals surface area contributed by atoms with Crippen LogP contribution in [-0.4, -0.2) is 25.1 Å². The lowest BCUT2D eigenvalue weighted by atomic mass is 9.98. The number of carbonyl (C=O) groups excluding carboxylic acids is 2. The Morgan fingerprint density at radius 2 is 1.66 bits per heavy atom. The molecule has 0 radical (unpaired) electrons. The fourth-order valence-electron chi connectivity index (χ4n) is 2.97. The Kier molecular flexibility index (Phi) is 7.82. The molecule has 0 aliphatic carbocycles. The lowest BCUT2D eigenvalue weighted by Crippen LogP contribution is -2.24. The van der Waals surface area contributed by atoms with Crippen LogP contribution < -0.4 is 10.1 Å². The van der Waals surface area contributed by atoms with Gasteiger partial charge >= 0.3 is 5.97 Å². The molecule has 0 saturated carbocycles. The molecule has 5 nitrogen and oxygen atoms in total. The Hall–Kier alpha value is -2.82. The van der Waals surface area contributed by atoms with Gasteiger partial charge in [0.1, 0.15) is 5.75 Å². The molecule has 0 saturated heterocycles. The van der Waals surface area contributed by atoms with Crippen molar-refractivity contribution >= 4 is 17.6 Å². The van der Waals surface area contributed by atoms with Gasteiger partial charge in [0.25, 0.3) is 5.91 Å². The number of esters is 1. The molecule has 0 unspecified atom stereocenters. The van der Waals surface area contributed by atoms with Crippen LogP contribution in [0.4, 0.5) is 5.69 Å². The predicted octanol–water partition coefficient (Wildman–Crippen LogP) is 5.11. The minimum atomic E-state index is -0.580. The minimum absolute atomic E-state index is 0.239. The van der Waals surface area contributed by atoms with E-state index in [0.717, 1.165) is 27.9 Å². The van der Waals surface area contributed by atoms with Crippen molar-refractivity contribution in [3.8, 4) is 5.75 Å². The molecule has 0 heterocycles. The second kappa shape index (κ2) is 10.1. The number of hydrogen-bond donors (Lipinski definition) is 1. The highest BCUT2D eigenvalue weighted by Crippen LogP contribution is 2.27. The van der Waals surface area contributed by atoms with E-state index >= 15 is 0 Å². The average molecular weight is 398 g/mol. The third-order valence-corrected chi connectivity index (χ3v) is 4.78. The van der Waals surface area contributed by atoms with Crippen LogP contribution in [0.3, 0.4) is 0 Å². The van der Waals surface area contributed by atoms with Crippen molar-refractivity contribution in [3.63, 3.8) is 0 Å². The van der Waals surface area contributed by atoms with Crippen molar-refractivity contribution in [1.82, 2.24) is 0 Å². The summed E-state index contributed by atoms with van der Waals surface area (Å²) in [6.07, 6.45) is 0. The van der Waals surface area contributed by atoms with Gasteiger partial charge in [0.2, 0.25) is 0 Å². The molecule has 0 spiro atoms. The zero-order valence-corrected chi connectivity index (χ0v) is 18.2. The minimum Gasteiger partial charge on any atom is -0.482 e. The Balaban J connectivity index is 1.89. The maximum absolute atomic E-state index is 12.3. The summed E-state index contributed by atoms with van der Waals surface area (Å²) < 4.78 is 10.7. The maximum Gasteiger partial charge on any atom is 0.344 e. The fraction of sp³-hybridized carbons (Fsp3) is 0.417. The molecule has 0 atom stereocenters. The summed E-state index contributed by atoms with van der Waals surface area (Å²) >= 11 is 0. The number of aryl methyl sites for hydroxylation is 2. The summed E-state index contributed by atoms with van der Waals surface area (Å²) in [6.45, 7) is 11.6. The lowest BCUT2D eigenvalue weighted by Gasteiger charge is -2.16. The molecule has 1 amide bonds. The van der Waals surface area contributed by atoms with Gasteiger partial charge in [0, 0.05) is 5.69 Å². The van der Waals surface area contributed by atoms with Crippen LogP contribution in [0.1, 0.15) is 61.8 Å². The molecule has 29 heavy (non-hydrogen) atoms. The van der Waals surface area contributed by atoms with Crippen LogP contribution in [0.5, 0.6) is 5.75 Å². The molecule has 0 fully saturated rings. The van der Waals surface area contributed by atoms with Crippen molar-refractivity contribution in [2.45, 2.75) is 53.4 Å². The molecule has 0 aliphatic heterocycles. The van der Waals surface area contributed by atoms with E-state index in [1.54, 1.807) is 0 Å². The number of nitrogens with one attached hydrogen (secondary N) is 1. The highest BCUT2D eigenvalue weighted by Gasteiger charge is 2.14. The smallest absolute Gasteiger partial charge is 0.344 e. The van der Waals surface area contributed by atoms with Gasteiger partial charge in [-0.3, -0.25) is 4.79 Å². The standard InChI is InChI=1S/C24H31NO4/c1-15(2)19-11-10-17(5)21(12-19)28-14-23(27)29-13-22(26)25-24-18(6)8-7-9-20(24)16(3)4/h7-12,15-16H,13-14H2,1-6H3,(H,25,26). The molecular weight excluding hydrogens is 366 g/mol. The molecule has 156 valence electrons. The number of hydrogen-bond acceptors (Lipinski definition) is 4. The van der Waals surface area contributed by atoms with Crippen LogP contribution in [0, 0.1) is 13.8 Å². The van der Waals surface area contributed by atoms with Crippen LogP contribution in [0.15, 0.2) is 36.4 Å². The normalized spacial score (nSPS) is 10.9. The van der Waals surface area contributed by atoms with Gasteiger partial charge in [-0.15, -0.1) is 0 Å². The SMILES string of the molecule is Cc1ccc(C(C)C)cc1OCC(=O)OCC(=O)Nc1c(C)cccc1C(C)C. The first-order chi connectivity index (χ1) is 13.7. The van der Waals surface area contributed by atoms with Crippen molar-refractivity contribution in [2.75, 3.05) is 18.5 Å². The van der Waals surface area contributed by atoms with Crippen LogP contribution in [0.2, 0.25) is 0 Å². The van der Waals surface area contributed by atoms with Gasteiger partial charge in [0.15, 0.2) is 13.2 Å². The van der Waals surface area contributed by atoms with Gasteiger partial charge in [-0.1, -0.05) is 58.0 Å².